The molecule has 7 nitrogen and oxygen atoms in total. The number of aryl methyl sites for hydroxylation is 1. The Balaban J connectivity index is 1.28. The molecule has 0 radical (unpaired) electrons. The number of benzene rings is 1. The fraction of sp³-hybridized carbons (Fsp3) is 0.200. The second-order valence-corrected chi connectivity index (χ2v) is 7.70. The molecular weight excluding hydrogens is 393 g/mol. The van der Waals surface area contributed by atoms with E-state index in [1.165, 1.54) is 12.1 Å². The number of aromatic nitrogens is 4. The van der Waals surface area contributed by atoms with E-state index < -0.39 is 0 Å². The van der Waals surface area contributed by atoms with Gasteiger partial charge in [-0.2, -0.15) is 21.4 Å². The van der Waals surface area contributed by atoms with E-state index in [0.717, 1.165) is 11.1 Å². The fourth-order valence-corrected chi connectivity index (χ4v) is 3.94. The Morgan fingerprint density at radius 2 is 2.00 bits per heavy atom. The SMILES string of the molecule is Cn1nc(-c2ccc(F)cc2)cc1C(=O)N1CC(c2nc(-c3ccsc3)no2)C1. The predicted molar refractivity (Wildman–Crippen MR) is 105 cm³/mol. The second kappa shape index (κ2) is 6.93. The van der Waals surface area contributed by atoms with Gasteiger partial charge in [0.1, 0.15) is 11.5 Å². The molecule has 4 heterocycles. The maximum atomic E-state index is 13.1. The van der Waals surface area contributed by atoms with Crippen molar-refractivity contribution in [2.24, 2.45) is 7.05 Å². The third-order valence-electron chi connectivity index (χ3n) is 4.98. The van der Waals surface area contributed by atoms with E-state index in [-0.39, 0.29) is 17.6 Å². The molecule has 0 spiro atoms. The molecule has 1 aliphatic rings. The molecule has 0 aliphatic carbocycles. The van der Waals surface area contributed by atoms with E-state index in [4.69, 9.17) is 4.52 Å². The highest BCUT2D eigenvalue weighted by Gasteiger charge is 2.37. The average molecular weight is 409 g/mol. The van der Waals surface area contributed by atoms with E-state index in [1.54, 1.807) is 46.2 Å². The Morgan fingerprint density at radius 1 is 1.21 bits per heavy atom. The molecule has 29 heavy (non-hydrogen) atoms. The molecule has 0 unspecified atom stereocenters. The first-order valence-electron chi connectivity index (χ1n) is 9.04. The molecule has 1 saturated heterocycles. The Labute approximate surface area is 169 Å². The van der Waals surface area contributed by atoms with Crippen LogP contribution in [0.1, 0.15) is 22.3 Å². The monoisotopic (exact) mass is 409 g/mol. The maximum Gasteiger partial charge on any atom is 0.272 e. The highest BCUT2D eigenvalue weighted by molar-refractivity contribution is 7.08. The molecular formula is C20H16FN5O2S. The van der Waals surface area contributed by atoms with Crippen molar-refractivity contribution in [3.8, 4) is 22.6 Å². The lowest BCUT2D eigenvalue weighted by molar-refractivity contribution is 0.0558. The number of nitrogens with zero attached hydrogens (tertiary/aromatic N) is 5. The van der Waals surface area contributed by atoms with E-state index >= 15 is 0 Å². The highest BCUT2D eigenvalue weighted by Crippen LogP contribution is 2.30. The normalized spacial score (nSPS) is 14.2. The molecule has 0 saturated carbocycles. The van der Waals surface area contributed by atoms with E-state index in [9.17, 15) is 9.18 Å². The fourth-order valence-electron chi connectivity index (χ4n) is 3.30. The molecule has 4 aromatic rings. The number of amides is 1. The Bertz CT molecular complexity index is 1160. The lowest BCUT2D eigenvalue weighted by atomic mass is 9.99. The van der Waals surface area contributed by atoms with Crippen LogP contribution in [0.4, 0.5) is 4.39 Å². The lowest BCUT2D eigenvalue weighted by Crippen LogP contribution is -2.49. The van der Waals surface area contributed by atoms with Crippen LogP contribution in [-0.2, 0) is 7.05 Å². The van der Waals surface area contributed by atoms with Crippen molar-refractivity contribution >= 4 is 17.2 Å². The first-order chi connectivity index (χ1) is 14.1. The first kappa shape index (κ1) is 17.7. The smallest absolute Gasteiger partial charge is 0.272 e. The molecule has 3 aromatic heterocycles. The van der Waals surface area contributed by atoms with Crippen LogP contribution in [-0.4, -0.2) is 43.8 Å². The summed E-state index contributed by atoms with van der Waals surface area (Å²) in [6.45, 7) is 1.03. The van der Waals surface area contributed by atoms with Crippen molar-refractivity contribution in [2.45, 2.75) is 5.92 Å². The van der Waals surface area contributed by atoms with Crippen LogP contribution in [0, 0.1) is 5.82 Å². The number of carbonyl (C=O) groups is 1. The van der Waals surface area contributed by atoms with Gasteiger partial charge in [-0.05, 0) is 41.8 Å². The van der Waals surface area contributed by atoms with E-state index in [2.05, 4.69) is 15.2 Å². The average Bonchev–Trinajstić information content (AvgIpc) is 3.41. The first-order valence-corrected chi connectivity index (χ1v) is 9.98. The van der Waals surface area contributed by atoms with Gasteiger partial charge >= 0.3 is 0 Å². The van der Waals surface area contributed by atoms with Crippen LogP contribution in [0.15, 0.2) is 51.7 Å². The zero-order valence-electron chi connectivity index (χ0n) is 15.4. The molecule has 9 heteroatoms. The van der Waals surface area contributed by atoms with Crippen LogP contribution >= 0.6 is 11.3 Å². The molecule has 1 aliphatic heterocycles. The van der Waals surface area contributed by atoms with Gasteiger partial charge in [0, 0.05) is 36.6 Å². The standard InChI is InChI=1S/C20H16FN5O2S/c1-25-17(8-16(23-25)12-2-4-15(21)5-3-12)20(27)26-9-14(10-26)19-22-18(24-28-19)13-6-7-29-11-13/h2-8,11,14H,9-10H2,1H3. The molecule has 1 fully saturated rings. The largest absolute Gasteiger partial charge is 0.339 e. The zero-order valence-corrected chi connectivity index (χ0v) is 16.3. The number of likely N-dealkylation sites (tertiary alicyclic amines) is 1. The van der Waals surface area contributed by atoms with Crippen molar-refractivity contribution in [1.82, 2.24) is 24.8 Å². The Morgan fingerprint density at radius 3 is 2.72 bits per heavy atom. The molecule has 0 bridgehead atoms. The van der Waals surface area contributed by atoms with Crippen LogP contribution in [0.3, 0.4) is 0 Å². The molecule has 5 rings (SSSR count). The number of rotatable bonds is 4. The van der Waals surface area contributed by atoms with Gasteiger partial charge in [0.05, 0.1) is 11.6 Å². The van der Waals surface area contributed by atoms with Gasteiger partial charge in [-0.15, -0.1) is 0 Å². The summed E-state index contributed by atoms with van der Waals surface area (Å²) in [4.78, 5) is 19.0. The van der Waals surface area contributed by atoms with Crippen LogP contribution in [0.5, 0.6) is 0 Å². The Hall–Kier alpha value is -3.33. The summed E-state index contributed by atoms with van der Waals surface area (Å²) in [7, 11) is 1.72. The van der Waals surface area contributed by atoms with Crippen LogP contribution in [0.25, 0.3) is 22.6 Å². The molecule has 0 atom stereocenters. The Kier molecular flexibility index (Phi) is 4.24. The number of hydrogen-bond donors (Lipinski definition) is 0. The van der Waals surface area contributed by atoms with E-state index in [0.29, 0.717) is 36.2 Å². The quantitative estimate of drug-likeness (QED) is 0.515. The second-order valence-electron chi connectivity index (χ2n) is 6.92. The van der Waals surface area contributed by atoms with Gasteiger partial charge in [0.25, 0.3) is 5.91 Å². The van der Waals surface area contributed by atoms with Gasteiger partial charge < -0.3 is 9.42 Å². The van der Waals surface area contributed by atoms with Crippen molar-refractivity contribution < 1.29 is 13.7 Å². The van der Waals surface area contributed by atoms with Gasteiger partial charge in [-0.1, -0.05) is 5.16 Å². The summed E-state index contributed by atoms with van der Waals surface area (Å²) in [5.41, 5.74) is 2.80. The lowest BCUT2D eigenvalue weighted by Gasteiger charge is -2.36. The highest BCUT2D eigenvalue weighted by atomic mass is 32.1. The van der Waals surface area contributed by atoms with Crippen LogP contribution < -0.4 is 0 Å². The zero-order chi connectivity index (χ0) is 20.0. The van der Waals surface area contributed by atoms with E-state index in [1.807, 2.05) is 16.8 Å². The van der Waals surface area contributed by atoms with Crippen LogP contribution in [0.2, 0.25) is 0 Å². The summed E-state index contributed by atoms with van der Waals surface area (Å²) in [5, 5.41) is 12.3. The van der Waals surface area contributed by atoms with Crippen molar-refractivity contribution in [3.63, 3.8) is 0 Å². The third kappa shape index (κ3) is 3.23. The number of halogens is 1. The number of thiophene rings is 1. The predicted octanol–water partition coefficient (Wildman–Crippen LogP) is 3.58. The third-order valence-corrected chi connectivity index (χ3v) is 5.66. The summed E-state index contributed by atoms with van der Waals surface area (Å²) >= 11 is 1.57. The summed E-state index contributed by atoms with van der Waals surface area (Å²) in [5.74, 6) is 0.732. The van der Waals surface area contributed by atoms with Gasteiger partial charge in [-0.25, -0.2) is 4.39 Å². The molecule has 1 aromatic carbocycles. The maximum absolute atomic E-state index is 13.1. The van der Waals surface area contributed by atoms with Gasteiger partial charge in [0.15, 0.2) is 0 Å². The minimum absolute atomic E-state index is 0.0311. The summed E-state index contributed by atoms with van der Waals surface area (Å²) < 4.78 is 20.1. The minimum atomic E-state index is -0.309. The molecule has 1 amide bonds. The molecule has 146 valence electrons. The van der Waals surface area contributed by atoms with Gasteiger partial charge in [-0.3, -0.25) is 9.48 Å². The van der Waals surface area contributed by atoms with Crippen molar-refractivity contribution in [1.29, 1.82) is 0 Å². The number of hydrogen-bond acceptors (Lipinski definition) is 6. The summed E-state index contributed by atoms with van der Waals surface area (Å²) in [6, 6.07) is 9.71. The minimum Gasteiger partial charge on any atom is -0.339 e. The van der Waals surface area contributed by atoms with Crippen molar-refractivity contribution in [2.75, 3.05) is 13.1 Å². The van der Waals surface area contributed by atoms with Crippen molar-refractivity contribution in [3.05, 3.63) is 64.6 Å². The summed E-state index contributed by atoms with van der Waals surface area (Å²) in [6.07, 6.45) is 0. The molecule has 0 N–H and O–H groups in total. The number of carbonyl (C=O) groups excluding carboxylic acids is 1. The topological polar surface area (TPSA) is 77.1 Å². The van der Waals surface area contributed by atoms with Gasteiger partial charge in [0.2, 0.25) is 11.7 Å².